The molecule has 0 aromatic heterocycles. The van der Waals surface area contributed by atoms with E-state index in [4.69, 9.17) is 9.84 Å². The molecule has 2 rings (SSSR count). The molecule has 1 aliphatic heterocycles. The third-order valence-electron chi connectivity index (χ3n) is 2.54. The molecule has 0 spiro atoms. The number of rotatable bonds is 3. The predicted octanol–water partition coefficient (Wildman–Crippen LogP) is 1.67. The zero-order valence-electron chi connectivity index (χ0n) is 8.73. The van der Waals surface area contributed by atoms with Crippen LogP contribution in [-0.4, -0.2) is 23.5 Å². The van der Waals surface area contributed by atoms with Crippen LogP contribution in [0.5, 0.6) is 5.75 Å². The van der Waals surface area contributed by atoms with Gasteiger partial charge in [0, 0.05) is 5.56 Å². The average molecular weight is 220 g/mol. The lowest BCUT2D eigenvalue weighted by molar-refractivity contribution is -0.135. The topological polar surface area (TPSA) is 63.6 Å². The molecule has 16 heavy (non-hydrogen) atoms. The number of carboxylic acid groups (broad SMARTS) is 1. The zero-order valence-corrected chi connectivity index (χ0v) is 8.73. The number of aryl methyl sites for hydroxylation is 1. The minimum atomic E-state index is -1.10. The van der Waals surface area contributed by atoms with Gasteiger partial charge in [-0.25, -0.2) is 0 Å². The Morgan fingerprint density at radius 3 is 2.94 bits per heavy atom. The van der Waals surface area contributed by atoms with Crippen molar-refractivity contribution >= 4 is 11.8 Å². The fraction of sp³-hybridized carbons (Fsp3) is 0.333. The van der Waals surface area contributed by atoms with Crippen LogP contribution in [0.2, 0.25) is 0 Å². The SMILES string of the molecule is O=C(O)CC(=O)c1ccc2c(c1)CCCO2. The summed E-state index contributed by atoms with van der Waals surface area (Å²) in [7, 11) is 0. The lowest BCUT2D eigenvalue weighted by Gasteiger charge is -2.17. The molecular weight excluding hydrogens is 208 g/mol. The van der Waals surface area contributed by atoms with E-state index in [0.29, 0.717) is 12.2 Å². The Labute approximate surface area is 92.8 Å². The Kier molecular flexibility index (Phi) is 2.90. The summed E-state index contributed by atoms with van der Waals surface area (Å²) in [5.74, 6) is -0.655. The maximum absolute atomic E-state index is 11.5. The third kappa shape index (κ3) is 2.21. The molecule has 0 saturated carbocycles. The molecule has 1 heterocycles. The van der Waals surface area contributed by atoms with Crippen LogP contribution in [0, 0.1) is 0 Å². The summed E-state index contributed by atoms with van der Waals surface area (Å²) in [5.41, 5.74) is 1.44. The van der Waals surface area contributed by atoms with Gasteiger partial charge in [0.15, 0.2) is 5.78 Å². The van der Waals surface area contributed by atoms with Crippen molar-refractivity contribution in [2.45, 2.75) is 19.3 Å². The first-order chi connectivity index (χ1) is 7.66. The van der Waals surface area contributed by atoms with Crippen molar-refractivity contribution < 1.29 is 19.4 Å². The quantitative estimate of drug-likeness (QED) is 0.621. The molecule has 0 bridgehead atoms. The number of aliphatic carboxylic acids is 1. The highest BCUT2D eigenvalue weighted by molar-refractivity contribution is 6.05. The molecule has 0 radical (unpaired) electrons. The molecule has 4 nitrogen and oxygen atoms in total. The van der Waals surface area contributed by atoms with Crippen molar-refractivity contribution in [1.82, 2.24) is 0 Å². The zero-order chi connectivity index (χ0) is 11.5. The van der Waals surface area contributed by atoms with Gasteiger partial charge in [-0.15, -0.1) is 0 Å². The predicted molar refractivity (Wildman–Crippen MR) is 56.8 cm³/mol. The molecule has 0 fully saturated rings. The van der Waals surface area contributed by atoms with E-state index in [0.717, 1.165) is 24.2 Å². The lowest BCUT2D eigenvalue weighted by atomic mass is 10.0. The van der Waals surface area contributed by atoms with Gasteiger partial charge in [-0.2, -0.15) is 0 Å². The van der Waals surface area contributed by atoms with Crippen molar-refractivity contribution in [2.75, 3.05) is 6.61 Å². The van der Waals surface area contributed by atoms with Gasteiger partial charge in [0.2, 0.25) is 0 Å². The molecule has 0 aliphatic carbocycles. The molecule has 0 unspecified atom stereocenters. The second-order valence-corrected chi connectivity index (χ2v) is 3.77. The van der Waals surface area contributed by atoms with Crippen molar-refractivity contribution in [2.24, 2.45) is 0 Å². The Bertz CT molecular complexity index is 437. The number of fused-ring (bicyclic) bond motifs is 1. The van der Waals surface area contributed by atoms with Crippen LogP contribution in [0.1, 0.15) is 28.8 Å². The van der Waals surface area contributed by atoms with Gasteiger partial charge >= 0.3 is 5.97 Å². The van der Waals surface area contributed by atoms with Crippen LogP contribution in [0.4, 0.5) is 0 Å². The number of benzene rings is 1. The number of carbonyl (C=O) groups is 2. The van der Waals surface area contributed by atoms with E-state index < -0.39 is 12.4 Å². The number of ether oxygens (including phenoxy) is 1. The van der Waals surface area contributed by atoms with Crippen LogP contribution in [0.3, 0.4) is 0 Å². The largest absolute Gasteiger partial charge is 0.493 e. The Hall–Kier alpha value is -1.84. The van der Waals surface area contributed by atoms with E-state index in [1.165, 1.54) is 0 Å². The van der Waals surface area contributed by atoms with Gasteiger partial charge in [-0.05, 0) is 36.6 Å². The van der Waals surface area contributed by atoms with E-state index >= 15 is 0 Å². The lowest BCUT2D eigenvalue weighted by Crippen LogP contribution is -2.11. The van der Waals surface area contributed by atoms with Crippen molar-refractivity contribution in [3.63, 3.8) is 0 Å². The monoisotopic (exact) mass is 220 g/mol. The summed E-state index contributed by atoms with van der Waals surface area (Å²) in [5, 5.41) is 8.54. The molecule has 4 heteroatoms. The fourth-order valence-electron chi connectivity index (χ4n) is 1.77. The Morgan fingerprint density at radius 2 is 2.19 bits per heavy atom. The molecule has 84 valence electrons. The first kappa shape index (κ1) is 10.7. The summed E-state index contributed by atoms with van der Waals surface area (Å²) in [4.78, 5) is 21.9. The maximum atomic E-state index is 11.5. The summed E-state index contributed by atoms with van der Waals surface area (Å²) >= 11 is 0. The molecule has 1 aromatic carbocycles. The molecule has 1 aromatic rings. The first-order valence-corrected chi connectivity index (χ1v) is 5.17. The average Bonchev–Trinajstić information content (AvgIpc) is 2.27. The van der Waals surface area contributed by atoms with Crippen LogP contribution in [-0.2, 0) is 11.2 Å². The van der Waals surface area contributed by atoms with Gasteiger partial charge in [0.05, 0.1) is 6.61 Å². The number of Topliss-reactive ketones (excluding diaryl/α,β-unsaturated/α-hetero) is 1. The minimum Gasteiger partial charge on any atom is -0.493 e. The van der Waals surface area contributed by atoms with Crippen LogP contribution < -0.4 is 4.74 Å². The molecule has 0 amide bonds. The Balaban J connectivity index is 2.23. The number of hydrogen-bond acceptors (Lipinski definition) is 3. The summed E-state index contributed by atoms with van der Waals surface area (Å²) in [6, 6.07) is 5.10. The highest BCUT2D eigenvalue weighted by Crippen LogP contribution is 2.25. The molecule has 1 N–H and O–H groups in total. The second kappa shape index (κ2) is 4.35. The van der Waals surface area contributed by atoms with Crippen LogP contribution >= 0.6 is 0 Å². The highest BCUT2D eigenvalue weighted by atomic mass is 16.5. The molecule has 0 atom stereocenters. The van der Waals surface area contributed by atoms with E-state index in [1.54, 1.807) is 18.2 Å². The minimum absolute atomic E-state index is 0.360. The second-order valence-electron chi connectivity index (χ2n) is 3.77. The number of ketones is 1. The summed E-state index contributed by atoms with van der Waals surface area (Å²) < 4.78 is 5.41. The van der Waals surface area contributed by atoms with Crippen LogP contribution in [0.25, 0.3) is 0 Å². The van der Waals surface area contributed by atoms with Crippen LogP contribution in [0.15, 0.2) is 18.2 Å². The van der Waals surface area contributed by atoms with Gasteiger partial charge in [-0.3, -0.25) is 9.59 Å². The summed E-state index contributed by atoms with van der Waals surface area (Å²) in [6.07, 6.45) is 1.35. The fourth-order valence-corrected chi connectivity index (χ4v) is 1.77. The molecule has 0 saturated heterocycles. The smallest absolute Gasteiger partial charge is 0.311 e. The van der Waals surface area contributed by atoms with Gasteiger partial charge in [0.1, 0.15) is 12.2 Å². The molecule has 1 aliphatic rings. The van der Waals surface area contributed by atoms with Gasteiger partial charge < -0.3 is 9.84 Å². The number of carboxylic acids is 1. The summed E-state index contributed by atoms with van der Waals surface area (Å²) in [6.45, 7) is 0.704. The standard InChI is InChI=1S/C12H12O4/c13-10(7-12(14)15)8-3-4-11-9(6-8)2-1-5-16-11/h3-4,6H,1-2,5,7H2,(H,14,15). The van der Waals surface area contributed by atoms with Gasteiger partial charge in [0.25, 0.3) is 0 Å². The van der Waals surface area contributed by atoms with E-state index in [9.17, 15) is 9.59 Å². The third-order valence-corrected chi connectivity index (χ3v) is 2.54. The highest BCUT2D eigenvalue weighted by Gasteiger charge is 2.15. The van der Waals surface area contributed by atoms with E-state index in [-0.39, 0.29) is 5.78 Å². The maximum Gasteiger partial charge on any atom is 0.311 e. The number of hydrogen-bond donors (Lipinski definition) is 1. The van der Waals surface area contributed by atoms with Gasteiger partial charge in [-0.1, -0.05) is 0 Å². The first-order valence-electron chi connectivity index (χ1n) is 5.17. The number of carbonyl (C=O) groups excluding carboxylic acids is 1. The Morgan fingerprint density at radius 1 is 1.38 bits per heavy atom. The van der Waals surface area contributed by atoms with Crippen molar-refractivity contribution in [3.05, 3.63) is 29.3 Å². The van der Waals surface area contributed by atoms with Crippen molar-refractivity contribution in [3.8, 4) is 5.75 Å². The molecular formula is C12H12O4. The normalized spacial score (nSPS) is 13.8. The van der Waals surface area contributed by atoms with E-state index in [2.05, 4.69) is 0 Å². The van der Waals surface area contributed by atoms with Crippen molar-refractivity contribution in [1.29, 1.82) is 0 Å². The van der Waals surface area contributed by atoms with E-state index in [1.807, 2.05) is 0 Å².